The van der Waals surface area contributed by atoms with Crippen molar-refractivity contribution in [3.63, 3.8) is 0 Å². The zero-order valence-electron chi connectivity index (χ0n) is 14.8. The van der Waals surface area contributed by atoms with Crippen LogP contribution in [0.25, 0.3) is 0 Å². The molecule has 3 aromatic carbocycles. The minimum absolute atomic E-state index is 0.0180. The summed E-state index contributed by atoms with van der Waals surface area (Å²) in [5, 5.41) is 2.72. The number of hydrogen-bond donors (Lipinski definition) is 2. The van der Waals surface area contributed by atoms with Gasteiger partial charge in [0.05, 0.1) is 12.1 Å². The lowest BCUT2D eigenvalue weighted by molar-refractivity contribution is 0.102. The topological polar surface area (TPSA) is 84.5 Å². The van der Waals surface area contributed by atoms with Crippen molar-refractivity contribution in [1.29, 1.82) is 0 Å². The molecule has 0 aliphatic rings. The normalized spacial score (nSPS) is 10.9. The molecule has 6 nitrogen and oxygen atoms in total. The lowest BCUT2D eigenvalue weighted by Gasteiger charge is -2.11. The maximum Gasteiger partial charge on any atom is 0.263 e. The standard InChI is InChI=1S/C20H17ClN2O4S/c1-27-17-10-8-15(9-11-17)22-20(24)14-7-12-18(21)19(13-14)28(25,26)23-16-5-3-2-4-6-16/h2-13,23H,1H3,(H,22,24). The van der Waals surface area contributed by atoms with E-state index >= 15 is 0 Å². The largest absolute Gasteiger partial charge is 0.497 e. The number of halogens is 1. The van der Waals surface area contributed by atoms with Gasteiger partial charge in [-0.05, 0) is 54.6 Å². The fourth-order valence-corrected chi connectivity index (χ4v) is 4.03. The van der Waals surface area contributed by atoms with Gasteiger partial charge < -0.3 is 10.1 Å². The van der Waals surface area contributed by atoms with Crippen molar-refractivity contribution in [1.82, 2.24) is 0 Å². The van der Waals surface area contributed by atoms with Crippen molar-refractivity contribution in [3.05, 3.63) is 83.4 Å². The van der Waals surface area contributed by atoms with Gasteiger partial charge in [0, 0.05) is 16.9 Å². The molecule has 0 saturated carbocycles. The number of hydrogen-bond acceptors (Lipinski definition) is 4. The molecule has 3 rings (SSSR count). The second kappa shape index (κ2) is 8.33. The van der Waals surface area contributed by atoms with Crippen LogP contribution in [0.4, 0.5) is 11.4 Å². The third kappa shape index (κ3) is 4.62. The fraction of sp³-hybridized carbons (Fsp3) is 0.0500. The Balaban J connectivity index is 1.84. The molecule has 0 atom stereocenters. The smallest absolute Gasteiger partial charge is 0.263 e. The summed E-state index contributed by atoms with van der Waals surface area (Å²) in [5.74, 6) is 0.197. The van der Waals surface area contributed by atoms with Crippen LogP contribution >= 0.6 is 11.6 Å². The summed E-state index contributed by atoms with van der Waals surface area (Å²) in [5.41, 5.74) is 1.10. The second-order valence-electron chi connectivity index (χ2n) is 5.80. The molecule has 144 valence electrons. The van der Waals surface area contributed by atoms with Gasteiger partial charge in [0.2, 0.25) is 0 Å². The summed E-state index contributed by atoms with van der Waals surface area (Å²) < 4.78 is 32.9. The third-order valence-corrected chi connectivity index (χ3v) is 5.72. The average Bonchev–Trinajstić information content (AvgIpc) is 2.69. The lowest BCUT2D eigenvalue weighted by atomic mass is 10.2. The van der Waals surface area contributed by atoms with Gasteiger partial charge in [0.25, 0.3) is 15.9 Å². The third-order valence-electron chi connectivity index (χ3n) is 3.86. The number of carbonyl (C=O) groups excluding carboxylic acids is 1. The average molecular weight is 417 g/mol. The molecule has 2 N–H and O–H groups in total. The first-order valence-corrected chi connectivity index (χ1v) is 10.1. The zero-order chi connectivity index (χ0) is 20.1. The Hall–Kier alpha value is -3.03. The Bertz CT molecular complexity index is 1080. The Morgan fingerprint density at radius 2 is 1.61 bits per heavy atom. The number of anilines is 2. The molecule has 0 heterocycles. The van der Waals surface area contributed by atoms with Gasteiger partial charge in [-0.2, -0.15) is 0 Å². The predicted molar refractivity (Wildman–Crippen MR) is 110 cm³/mol. The molecule has 28 heavy (non-hydrogen) atoms. The first kappa shape index (κ1) is 19.7. The second-order valence-corrected chi connectivity index (χ2v) is 7.86. The Kier molecular flexibility index (Phi) is 5.87. The predicted octanol–water partition coefficient (Wildman–Crippen LogP) is 4.40. The van der Waals surface area contributed by atoms with E-state index in [0.29, 0.717) is 17.1 Å². The number of rotatable bonds is 6. The molecule has 0 unspecified atom stereocenters. The van der Waals surface area contributed by atoms with E-state index in [1.807, 2.05) is 0 Å². The van der Waals surface area contributed by atoms with Crippen LogP contribution in [-0.2, 0) is 10.0 Å². The van der Waals surface area contributed by atoms with Crippen molar-refractivity contribution >= 4 is 38.9 Å². The highest BCUT2D eigenvalue weighted by Crippen LogP contribution is 2.25. The van der Waals surface area contributed by atoms with Gasteiger partial charge in [-0.1, -0.05) is 29.8 Å². The Morgan fingerprint density at radius 3 is 2.25 bits per heavy atom. The maximum absolute atomic E-state index is 12.7. The summed E-state index contributed by atoms with van der Waals surface area (Å²) >= 11 is 6.08. The SMILES string of the molecule is COc1ccc(NC(=O)c2ccc(Cl)c(S(=O)(=O)Nc3ccccc3)c2)cc1. The van der Waals surface area contributed by atoms with Crippen LogP contribution in [0.5, 0.6) is 5.75 Å². The molecule has 0 bridgehead atoms. The Morgan fingerprint density at radius 1 is 0.929 bits per heavy atom. The number of sulfonamides is 1. The summed E-state index contributed by atoms with van der Waals surface area (Å²) in [6.45, 7) is 0. The van der Waals surface area contributed by atoms with Gasteiger partial charge in [-0.15, -0.1) is 0 Å². The van der Waals surface area contributed by atoms with Crippen LogP contribution in [0.3, 0.4) is 0 Å². The van der Waals surface area contributed by atoms with Crippen LogP contribution in [0.1, 0.15) is 10.4 Å². The van der Waals surface area contributed by atoms with Crippen LogP contribution in [-0.4, -0.2) is 21.4 Å². The van der Waals surface area contributed by atoms with Crippen molar-refractivity contribution in [2.45, 2.75) is 4.90 Å². The molecule has 8 heteroatoms. The van der Waals surface area contributed by atoms with Crippen molar-refractivity contribution < 1.29 is 17.9 Å². The minimum Gasteiger partial charge on any atom is -0.497 e. The maximum atomic E-state index is 12.7. The first-order valence-electron chi connectivity index (χ1n) is 8.22. The summed E-state index contributed by atoms with van der Waals surface area (Å²) in [6, 6.07) is 19.3. The molecule has 0 spiro atoms. The monoisotopic (exact) mass is 416 g/mol. The van der Waals surface area contributed by atoms with Crippen LogP contribution in [0.2, 0.25) is 5.02 Å². The molecule has 0 aliphatic carbocycles. The highest BCUT2D eigenvalue weighted by Gasteiger charge is 2.20. The van der Waals surface area contributed by atoms with E-state index in [1.54, 1.807) is 61.7 Å². The summed E-state index contributed by atoms with van der Waals surface area (Å²) in [4.78, 5) is 12.3. The fourth-order valence-electron chi connectivity index (χ4n) is 2.44. The van der Waals surface area contributed by atoms with Crippen LogP contribution in [0.15, 0.2) is 77.7 Å². The zero-order valence-corrected chi connectivity index (χ0v) is 16.4. The summed E-state index contributed by atoms with van der Waals surface area (Å²) in [6.07, 6.45) is 0. The van der Waals surface area contributed by atoms with E-state index in [0.717, 1.165) is 0 Å². The minimum atomic E-state index is -3.96. The van der Waals surface area contributed by atoms with E-state index in [4.69, 9.17) is 16.3 Å². The van der Waals surface area contributed by atoms with Crippen LogP contribution in [0, 0.1) is 0 Å². The van der Waals surface area contributed by atoms with Gasteiger partial charge >= 0.3 is 0 Å². The highest BCUT2D eigenvalue weighted by molar-refractivity contribution is 7.92. The van der Waals surface area contributed by atoms with Gasteiger partial charge in [0.15, 0.2) is 0 Å². The quantitative estimate of drug-likeness (QED) is 0.623. The number of methoxy groups -OCH3 is 1. The first-order chi connectivity index (χ1) is 13.4. The lowest BCUT2D eigenvalue weighted by Crippen LogP contribution is -2.16. The van der Waals surface area contributed by atoms with Crippen molar-refractivity contribution in [3.8, 4) is 5.75 Å². The molecule has 0 saturated heterocycles. The molecule has 0 fully saturated rings. The summed E-state index contributed by atoms with van der Waals surface area (Å²) in [7, 11) is -2.41. The molecular formula is C20H17ClN2O4S. The number of ether oxygens (including phenoxy) is 1. The molecule has 0 radical (unpaired) electrons. The van der Waals surface area contributed by atoms with Crippen molar-refractivity contribution in [2.24, 2.45) is 0 Å². The molecule has 0 aliphatic heterocycles. The number of nitrogens with one attached hydrogen (secondary N) is 2. The van der Waals surface area contributed by atoms with Crippen molar-refractivity contribution in [2.75, 3.05) is 17.1 Å². The van der Waals surface area contributed by atoms with E-state index in [1.165, 1.54) is 18.2 Å². The number of amides is 1. The highest BCUT2D eigenvalue weighted by atomic mass is 35.5. The number of benzene rings is 3. The number of carbonyl (C=O) groups is 1. The van der Waals surface area contributed by atoms with E-state index in [-0.39, 0.29) is 15.5 Å². The molecular weight excluding hydrogens is 400 g/mol. The van der Waals surface area contributed by atoms with Gasteiger partial charge in [0.1, 0.15) is 10.6 Å². The number of para-hydroxylation sites is 1. The van der Waals surface area contributed by atoms with Gasteiger partial charge in [-0.25, -0.2) is 8.42 Å². The molecule has 3 aromatic rings. The van der Waals surface area contributed by atoms with Crippen LogP contribution < -0.4 is 14.8 Å². The van der Waals surface area contributed by atoms with Gasteiger partial charge in [-0.3, -0.25) is 9.52 Å². The van der Waals surface area contributed by atoms with E-state index < -0.39 is 15.9 Å². The molecule has 0 aromatic heterocycles. The van der Waals surface area contributed by atoms with E-state index in [2.05, 4.69) is 10.0 Å². The Labute approximate surface area is 168 Å². The molecule has 1 amide bonds. The van der Waals surface area contributed by atoms with E-state index in [9.17, 15) is 13.2 Å².